The lowest BCUT2D eigenvalue weighted by atomic mass is 9.90. The maximum Gasteiger partial charge on any atom is 0.109 e. The third kappa shape index (κ3) is 1.98. The molecular formula is C7H16N2O4. The van der Waals surface area contributed by atoms with Gasteiger partial charge in [0.05, 0.1) is 24.9 Å². The van der Waals surface area contributed by atoms with Crippen LogP contribution in [0.3, 0.4) is 0 Å². The first-order chi connectivity index (χ1) is 6.11. The van der Waals surface area contributed by atoms with Crippen LogP contribution >= 0.6 is 0 Å². The molecule has 1 heterocycles. The first-order valence-electron chi connectivity index (χ1n) is 4.23. The number of hydrogen-bond donors (Lipinski definition) is 6. The van der Waals surface area contributed by atoms with Crippen molar-refractivity contribution in [3.05, 3.63) is 0 Å². The molecule has 0 amide bonds. The van der Waals surface area contributed by atoms with E-state index in [2.05, 4.69) is 5.32 Å². The summed E-state index contributed by atoms with van der Waals surface area (Å²) in [6.07, 6.45) is -3.52. The molecule has 0 spiro atoms. The average Bonchev–Trinajstić information content (AvgIpc) is 2.15. The summed E-state index contributed by atoms with van der Waals surface area (Å²) in [6.45, 7) is -0.164. The predicted molar refractivity (Wildman–Crippen MR) is 44.9 cm³/mol. The van der Waals surface area contributed by atoms with Gasteiger partial charge in [-0.15, -0.1) is 0 Å². The van der Waals surface area contributed by atoms with E-state index in [0.717, 1.165) is 0 Å². The Morgan fingerprint density at radius 3 is 2.00 bits per heavy atom. The fourth-order valence-corrected chi connectivity index (χ4v) is 1.52. The zero-order valence-electron chi connectivity index (χ0n) is 7.17. The van der Waals surface area contributed by atoms with Gasteiger partial charge in [0, 0.05) is 12.6 Å². The molecule has 0 aliphatic carbocycles. The quantitative estimate of drug-likeness (QED) is 0.268. The summed E-state index contributed by atoms with van der Waals surface area (Å²) in [6, 6.07) is -1.12. The van der Waals surface area contributed by atoms with Crippen molar-refractivity contribution in [2.24, 2.45) is 5.73 Å². The second-order valence-corrected chi connectivity index (χ2v) is 3.27. The summed E-state index contributed by atoms with van der Waals surface area (Å²) < 4.78 is 0. The standard InChI is InChI=1S/C7H16N2O4/c8-1-3-5(11)7(13)6(12)4(2-10)9-3/h3-7,9-13H,1-2,8H2/t3-,4-,5+,6?,7-/m1/s1. The third-order valence-corrected chi connectivity index (χ3v) is 2.40. The van der Waals surface area contributed by atoms with Gasteiger partial charge in [-0.2, -0.15) is 0 Å². The Morgan fingerprint density at radius 1 is 1.00 bits per heavy atom. The van der Waals surface area contributed by atoms with Gasteiger partial charge in [-0.05, 0) is 0 Å². The second-order valence-electron chi connectivity index (χ2n) is 3.27. The molecule has 1 aliphatic rings. The van der Waals surface area contributed by atoms with Crippen molar-refractivity contribution >= 4 is 0 Å². The molecular weight excluding hydrogens is 176 g/mol. The van der Waals surface area contributed by atoms with Crippen molar-refractivity contribution in [2.45, 2.75) is 30.4 Å². The monoisotopic (exact) mass is 192 g/mol. The summed E-state index contributed by atoms with van der Waals surface area (Å²) in [5.41, 5.74) is 5.32. The molecule has 0 bridgehead atoms. The van der Waals surface area contributed by atoms with Crippen LogP contribution < -0.4 is 11.1 Å². The Morgan fingerprint density at radius 2 is 1.54 bits per heavy atom. The van der Waals surface area contributed by atoms with Crippen LogP contribution in [0.4, 0.5) is 0 Å². The zero-order chi connectivity index (χ0) is 10.0. The van der Waals surface area contributed by atoms with E-state index in [1.165, 1.54) is 0 Å². The van der Waals surface area contributed by atoms with Crippen molar-refractivity contribution in [1.29, 1.82) is 0 Å². The van der Waals surface area contributed by atoms with Crippen molar-refractivity contribution < 1.29 is 20.4 Å². The van der Waals surface area contributed by atoms with Crippen LogP contribution in [0.15, 0.2) is 0 Å². The first kappa shape index (κ1) is 10.8. The maximum atomic E-state index is 9.39. The van der Waals surface area contributed by atoms with Gasteiger partial charge in [-0.3, -0.25) is 0 Å². The van der Waals surface area contributed by atoms with Gasteiger partial charge >= 0.3 is 0 Å². The summed E-state index contributed by atoms with van der Waals surface area (Å²) in [7, 11) is 0. The van der Waals surface area contributed by atoms with Crippen molar-refractivity contribution in [3.63, 3.8) is 0 Å². The average molecular weight is 192 g/mol. The highest BCUT2D eigenvalue weighted by Crippen LogP contribution is 2.14. The number of aliphatic hydroxyl groups excluding tert-OH is 4. The lowest BCUT2D eigenvalue weighted by molar-refractivity contribution is -0.117. The molecule has 13 heavy (non-hydrogen) atoms. The van der Waals surface area contributed by atoms with E-state index in [9.17, 15) is 15.3 Å². The predicted octanol–water partition coefficient (Wildman–Crippen LogP) is -3.64. The van der Waals surface area contributed by atoms with Crippen molar-refractivity contribution in [1.82, 2.24) is 5.32 Å². The van der Waals surface area contributed by atoms with Crippen LogP contribution in [0.25, 0.3) is 0 Å². The van der Waals surface area contributed by atoms with E-state index in [1.807, 2.05) is 0 Å². The van der Waals surface area contributed by atoms with E-state index in [1.54, 1.807) is 0 Å². The first-order valence-corrected chi connectivity index (χ1v) is 4.23. The minimum Gasteiger partial charge on any atom is -0.395 e. The largest absolute Gasteiger partial charge is 0.395 e. The highest BCUT2D eigenvalue weighted by atomic mass is 16.4. The molecule has 6 heteroatoms. The molecule has 1 unspecified atom stereocenters. The summed E-state index contributed by atoms with van der Waals surface area (Å²) in [5, 5.41) is 39.6. The zero-order valence-corrected chi connectivity index (χ0v) is 7.17. The smallest absolute Gasteiger partial charge is 0.109 e. The molecule has 1 fully saturated rings. The van der Waals surface area contributed by atoms with Gasteiger partial charge in [0.2, 0.25) is 0 Å². The Balaban J connectivity index is 2.66. The molecule has 78 valence electrons. The Kier molecular flexibility index (Phi) is 3.60. The fraction of sp³-hybridized carbons (Fsp3) is 1.00. The Bertz CT molecular complexity index is 149. The van der Waals surface area contributed by atoms with E-state index < -0.39 is 30.4 Å². The molecule has 0 aromatic rings. The van der Waals surface area contributed by atoms with E-state index in [4.69, 9.17) is 10.8 Å². The van der Waals surface area contributed by atoms with Crippen LogP contribution in [-0.4, -0.2) is 64.0 Å². The highest BCUT2D eigenvalue weighted by molar-refractivity contribution is 4.98. The normalized spacial score (nSPS) is 46.4. The molecule has 0 aromatic carbocycles. The second kappa shape index (κ2) is 4.32. The van der Waals surface area contributed by atoms with Crippen LogP contribution in [0.1, 0.15) is 0 Å². The number of piperidine rings is 1. The van der Waals surface area contributed by atoms with E-state index in [-0.39, 0.29) is 13.2 Å². The Hall–Kier alpha value is -0.240. The van der Waals surface area contributed by atoms with Crippen molar-refractivity contribution in [2.75, 3.05) is 13.2 Å². The minimum atomic E-state index is -1.26. The molecule has 0 aromatic heterocycles. The van der Waals surface area contributed by atoms with Crippen LogP contribution in [0, 0.1) is 0 Å². The highest BCUT2D eigenvalue weighted by Gasteiger charge is 2.41. The van der Waals surface area contributed by atoms with Crippen molar-refractivity contribution in [3.8, 4) is 0 Å². The number of nitrogens with two attached hydrogens (primary N) is 1. The minimum absolute atomic E-state index is 0.140. The van der Waals surface area contributed by atoms with E-state index in [0.29, 0.717) is 0 Å². The van der Waals surface area contributed by atoms with Gasteiger partial charge in [-0.1, -0.05) is 0 Å². The SMILES string of the molecule is NC[C@H]1N[C@H](CO)C(O)[C@H](O)[C@H]1O. The summed E-state index contributed by atoms with van der Waals surface area (Å²) in [4.78, 5) is 0. The Labute approximate surface area is 76.0 Å². The van der Waals surface area contributed by atoms with Gasteiger partial charge in [0.25, 0.3) is 0 Å². The maximum absolute atomic E-state index is 9.39. The number of aliphatic hydroxyl groups is 4. The number of hydrogen-bond acceptors (Lipinski definition) is 6. The molecule has 0 saturated carbocycles. The topological polar surface area (TPSA) is 119 Å². The lowest BCUT2D eigenvalue weighted by Gasteiger charge is -2.40. The van der Waals surface area contributed by atoms with E-state index >= 15 is 0 Å². The summed E-state index contributed by atoms with van der Waals surface area (Å²) >= 11 is 0. The van der Waals surface area contributed by atoms with Gasteiger partial charge in [0.15, 0.2) is 0 Å². The summed E-state index contributed by atoms with van der Waals surface area (Å²) in [5.74, 6) is 0. The van der Waals surface area contributed by atoms with Gasteiger partial charge in [-0.25, -0.2) is 0 Å². The molecule has 1 saturated heterocycles. The van der Waals surface area contributed by atoms with Crippen LogP contribution in [-0.2, 0) is 0 Å². The lowest BCUT2D eigenvalue weighted by Crippen LogP contribution is -2.67. The molecule has 5 atom stereocenters. The molecule has 6 nitrogen and oxygen atoms in total. The number of nitrogens with one attached hydrogen (secondary N) is 1. The van der Waals surface area contributed by atoms with Crippen LogP contribution in [0.5, 0.6) is 0 Å². The number of rotatable bonds is 2. The van der Waals surface area contributed by atoms with Gasteiger partial charge < -0.3 is 31.5 Å². The fourth-order valence-electron chi connectivity index (χ4n) is 1.52. The molecule has 7 N–H and O–H groups in total. The molecule has 1 rings (SSSR count). The third-order valence-electron chi connectivity index (χ3n) is 2.40. The molecule has 1 aliphatic heterocycles. The van der Waals surface area contributed by atoms with Gasteiger partial charge in [0.1, 0.15) is 6.10 Å². The van der Waals surface area contributed by atoms with Crippen LogP contribution in [0.2, 0.25) is 0 Å². The molecule has 0 radical (unpaired) electrons.